The van der Waals surface area contributed by atoms with Gasteiger partial charge >= 0.3 is 0 Å². The highest BCUT2D eigenvalue weighted by Gasteiger charge is 2.12. The summed E-state index contributed by atoms with van der Waals surface area (Å²) in [5, 5.41) is 12.0. The van der Waals surface area contributed by atoms with Crippen LogP contribution in [0.15, 0.2) is 27.8 Å². The Bertz CT molecular complexity index is 412. The number of rotatable bonds is 5. The highest BCUT2D eigenvalue weighted by atomic mass is 79.9. The van der Waals surface area contributed by atoms with Crippen LogP contribution in [0.5, 0.6) is 5.75 Å². The van der Waals surface area contributed by atoms with Crippen LogP contribution in [0.1, 0.15) is 19.8 Å². The molecule has 1 unspecified atom stereocenters. The number of benzene rings is 1. The van der Waals surface area contributed by atoms with Crippen molar-refractivity contribution in [1.82, 2.24) is 0 Å². The molecule has 0 radical (unpaired) electrons. The van der Waals surface area contributed by atoms with Gasteiger partial charge in [-0.3, -0.25) is 0 Å². The molecule has 0 aliphatic heterocycles. The SMILES string of the molecule is CCC(C/C(N)=N/O)Oc1ccc(Br)cc1Cl. The Labute approximate surface area is 114 Å². The fraction of sp³-hybridized carbons (Fsp3) is 0.364. The van der Waals surface area contributed by atoms with Gasteiger partial charge in [0.1, 0.15) is 17.7 Å². The van der Waals surface area contributed by atoms with Crippen LogP contribution in [0.3, 0.4) is 0 Å². The number of hydrogen-bond donors (Lipinski definition) is 2. The molecule has 0 fully saturated rings. The molecule has 1 aromatic rings. The Morgan fingerprint density at radius 2 is 2.35 bits per heavy atom. The monoisotopic (exact) mass is 320 g/mol. The Morgan fingerprint density at radius 1 is 1.65 bits per heavy atom. The molecular formula is C11H14BrClN2O2. The first-order valence-corrected chi connectivity index (χ1v) is 6.32. The third-order valence-electron chi connectivity index (χ3n) is 2.21. The van der Waals surface area contributed by atoms with Gasteiger partial charge in [0.2, 0.25) is 0 Å². The number of halogens is 2. The molecule has 6 heteroatoms. The van der Waals surface area contributed by atoms with Crippen molar-refractivity contribution in [2.24, 2.45) is 10.9 Å². The number of nitrogens with zero attached hydrogens (tertiary/aromatic N) is 1. The van der Waals surface area contributed by atoms with Gasteiger partial charge in [-0.1, -0.05) is 39.6 Å². The first-order valence-electron chi connectivity index (χ1n) is 5.15. The molecule has 0 saturated heterocycles. The van der Waals surface area contributed by atoms with Gasteiger partial charge in [-0.05, 0) is 24.6 Å². The maximum atomic E-state index is 8.51. The third kappa shape index (κ3) is 4.44. The van der Waals surface area contributed by atoms with E-state index in [2.05, 4.69) is 21.1 Å². The average molecular weight is 322 g/mol. The van der Waals surface area contributed by atoms with Crippen LogP contribution in [0.2, 0.25) is 5.02 Å². The average Bonchev–Trinajstić information content (AvgIpc) is 2.31. The minimum Gasteiger partial charge on any atom is -0.488 e. The standard InChI is InChI=1S/C11H14BrClN2O2/c1-2-8(6-11(14)15-16)17-10-4-3-7(12)5-9(10)13/h3-5,8,16H,2,6H2,1H3,(H2,14,15). The lowest BCUT2D eigenvalue weighted by atomic mass is 10.2. The second-order valence-corrected chi connectivity index (χ2v) is 4.84. The number of oxime groups is 1. The molecule has 1 aromatic carbocycles. The summed E-state index contributed by atoms with van der Waals surface area (Å²) in [6.45, 7) is 1.96. The summed E-state index contributed by atoms with van der Waals surface area (Å²) in [6.07, 6.45) is 0.937. The van der Waals surface area contributed by atoms with Crippen molar-refractivity contribution in [3.05, 3.63) is 27.7 Å². The molecule has 0 aromatic heterocycles. The quantitative estimate of drug-likeness (QED) is 0.378. The molecule has 0 amide bonds. The van der Waals surface area contributed by atoms with Crippen molar-refractivity contribution >= 4 is 33.4 Å². The molecule has 1 rings (SSSR count). The van der Waals surface area contributed by atoms with Gasteiger partial charge in [-0.25, -0.2) is 0 Å². The van der Waals surface area contributed by atoms with E-state index >= 15 is 0 Å². The van der Waals surface area contributed by atoms with E-state index in [-0.39, 0.29) is 11.9 Å². The van der Waals surface area contributed by atoms with Gasteiger partial charge in [-0.15, -0.1) is 0 Å². The normalized spacial score (nSPS) is 13.5. The minimum atomic E-state index is -0.162. The maximum Gasteiger partial charge on any atom is 0.142 e. The van der Waals surface area contributed by atoms with E-state index in [1.807, 2.05) is 13.0 Å². The van der Waals surface area contributed by atoms with Gasteiger partial charge in [-0.2, -0.15) is 0 Å². The topological polar surface area (TPSA) is 67.8 Å². The summed E-state index contributed by atoms with van der Waals surface area (Å²) in [6, 6.07) is 5.38. The van der Waals surface area contributed by atoms with Gasteiger partial charge in [0, 0.05) is 10.9 Å². The molecule has 0 heterocycles. The van der Waals surface area contributed by atoms with E-state index in [1.165, 1.54) is 0 Å². The molecule has 4 nitrogen and oxygen atoms in total. The summed E-state index contributed by atoms with van der Waals surface area (Å²) < 4.78 is 6.59. The predicted octanol–water partition coefficient (Wildman–Crippen LogP) is 3.40. The molecule has 0 aliphatic carbocycles. The van der Waals surface area contributed by atoms with Crippen LogP contribution < -0.4 is 10.5 Å². The van der Waals surface area contributed by atoms with Gasteiger partial charge in [0.15, 0.2) is 0 Å². The molecule has 1 atom stereocenters. The van der Waals surface area contributed by atoms with Crippen LogP contribution in [0, 0.1) is 0 Å². The van der Waals surface area contributed by atoms with Crippen molar-refractivity contribution in [3.8, 4) is 5.75 Å². The maximum absolute atomic E-state index is 8.51. The van der Waals surface area contributed by atoms with Crippen molar-refractivity contribution in [3.63, 3.8) is 0 Å². The van der Waals surface area contributed by atoms with Crippen molar-refractivity contribution in [2.45, 2.75) is 25.9 Å². The lowest BCUT2D eigenvalue weighted by molar-refractivity contribution is 0.202. The van der Waals surface area contributed by atoms with Crippen molar-refractivity contribution in [2.75, 3.05) is 0 Å². The fourth-order valence-corrected chi connectivity index (χ4v) is 2.01. The second kappa shape index (κ2) is 6.71. The Morgan fingerprint density at radius 3 is 2.88 bits per heavy atom. The summed E-state index contributed by atoms with van der Waals surface area (Å²) in [5.41, 5.74) is 5.44. The van der Waals surface area contributed by atoms with Gasteiger partial charge < -0.3 is 15.7 Å². The third-order valence-corrected chi connectivity index (χ3v) is 3.00. The summed E-state index contributed by atoms with van der Waals surface area (Å²) in [7, 11) is 0. The first kappa shape index (κ1) is 14.1. The van der Waals surface area contributed by atoms with E-state index < -0.39 is 0 Å². The second-order valence-electron chi connectivity index (χ2n) is 3.52. The molecule has 0 aliphatic rings. The zero-order valence-corrected chi connectivity index (χ0v) is 11.7. The van der Waals surface area contributed by atoms with Crippen LogP contribution in [0.25, 0.3) is 0 Å². The molecule has 3 N–H and O–H groups in total. The first-order chi connectivity index (χ1) is 8.06. The van der Waals surface area contributed by atoms with Crippen molar-refractivity contribution in [1.29, 1.82) is 0 Å². The van der Waals surface area contributed by atoms with E-state index in [0.29, 0.717) is 17.2 Å². The summed E-state index contributed by atoms with van der Waals surface area (Å²) in [5.74, 6) is 0.734. The van der Waals surface area contributed by atoms with Crippen molar-refractivity contribution < 1.29 is 9.94 Å². The number of ether oxygens (including phenoxy) is 1. The zero-order chi connectivity index (χ0) is 12.8. The van der Waals surface area contributed by atoms with Crippen LogP contribution in [0.4, 0.5) is 0 Å². The fourth-order valence-electron chi connectivity index (χ4n) is 1.29. The highest BCUT2D eigenvalue weighted by Crippen LogP contribution is 2.29. The van der Waals surface area contributed by atoms with E-state index in [4.69, 9.17) is 27.3 Å². The van der Waals surface area contributed by atoms with Crippen LogP contribution in [-0.2, 0) is 0 Å². The summed E-state index contributed by atoms with van der Waals surface area (Å²) in [4.78, 5) is 0. The van der Waals surface area contributed by atoms with E-state index in [9.17, 15) is 0 Å². The predicted molar refractivity (Wildman–Crippen MR) is 71.9 cm³/mol. The number of amidine groups is 1. The minimum absolute atomic E-state index is 0.144. The molecule has 94 valence electrons. The van der Waals surface area contributed by atoms with Gasteiger partial charge in [0.05, 0.1) is 5.02 Å². The Balaban J connectivity index is 2.73. The number of nitrogens with two attached hydrogens (primary N) is 1. The molecule has 0 saturated carbocycles. The molecular weight excluding hydrogens is 307 g/mol. The smallest absolute Gasteiger partial charge is 0.142 e. The van der Waals surface area contributed by atoms with Crippen LogP contribution in [-0.4, -0.2) is 17.1 Å². The zero-order valence-electron chi connectivity index (χ0n) is 9.36. The Hall–Kier alpha value is -0.940. The lowest BCUT2D eigenvalue weighted by Gasteiger charge is -2.17. The number of hydrogen-bond acceptors (Lipinski definition) is 3. The Kier molecular flexibility index (Phi) is 5.58. The van der Waals surface area contributed by atoms with Gasteiger partial charge in [0.25, 0.3) is 0 Å². The van der Waals surface area contributed by atoms with Crippen LogP contribution >= 0.6 is 27.5 Å². The lowest BCUT2D eigenvalue weighted by Crippen LogP contribution is -2.24. The molecule has 0 bridgehead atoms. The highest BCUT2D eigenvalue weighted by molar-refractivity contribution is 9.10. The molecule has 17 heavy (non-hydrogen) atoms. The van der Waals surface area contributed by atoms with E-state index in [1.54, 1.807) is 12.1 Å². The van der Waals surface area contributed by atoms with E-state index in [0.717, 1.165) is 10.9 Å². The summed E-state index contributed by atoms with van der Waals surface area (Å²) >= 11 is 9.35. The largest absolute Gasteiger partial charge is 0.488 e. The molecule has 0 spiro atoms.